The van der Waals surface area contributed by atoms with E-state index in [2.05, 4.69) is 15.5 Å². The molecule has 0 saturated carbocycles. The molecule has 1 amide bonds. The summed E-state index contributed by atoms with van der Waals surface area (Å²) in [6.07, 6.45) is 0.932. The summed E-state index contributed by atoms with van der Waals surface area (Å²) in [5, 5.41) is 10.6. The fourth-order valence-electron chi connectivity index (χ4n) is 2.78. The summed E-state index contributed by atoms with van der Waals surface area (Å²) in [6, 6.07) is 5.83. The van der Waals surface area contributed by atoms with Crippen molar-refractivity contribution in [1.82, 2.24) is 24.9 Å². The number of aryl methyl sites for hydroxylation is 2. The largest absolute Gasteiger partial charge is 0.434 e. The third-order valence-electron chi connectivity index (χ3n) is 4.02. The van der Waals surface area contributed by atoms with Crippen LogP contribution in [0.1, 0.15) is 28.0 Å². The summed E-state index contributed by atoms with van der Waals surface area (Å²) < 4.78 is 43.2. The van der Waals surface area contributed by atoms with Gasteiger partial charge in [-0.1, -0.05) is 17.7 Å². The van der Waals surface area contributed by atoms with Gasteiger partial charge in [-0.05, 0) is 36.6 Å². The van der Waals surface area contributed by atoms with Gasteiger partial charge in [0.15, 0.2) is 5.69 Å². The molecule has 0 saturated heterocycles. The zero-order chi connectivity index (χ0) is 20.3. The highest BCUT2D eigenvalue weighted by Crippen LogP contribution is 2.34. The van der Waals surface area contributed by atoms with Crippen molar-refractivity contribution in [2.45, 2.75) is 19.0 Å². The average Bonchev–Trinajstić information content (AvgIpc) is 3.24. The summed E-state index contributed by atoms with van der Waals surface area (Å²) in [5.41, 5.74) is -0.565. The Balaban J connectivity index is 1.74. The van der Waals surface area contributed by atoms with Crippen LogP contribution in [-0.2, 0) is 19.6 Å². The predicted molar refractivity (Wildman–Crippen MR) is 97.4 cm³/mol. The Labute approximate surface area is 163 Å². The molecular formula is C18H17ClF3N5O. The number of nitrogens with zero attached hydrogens (tertiary/aromatic N) is 4. The van der Waals surface area contributed by atoms with Crippen LogP contribution in [0.3, 0.4) is 0 Å². The highest BCUT2D eigenvalue weighted by Gasteiger charge is 2.40. The first-order chi connectivity index (χ1) is 13.3. The Morgan fingerprint density at radius 2 is 2.04 bits per heavy atom. The Morgan fingerprint density at radius 1 is 1.25 bits per heavy atom. The van der Waals surface area contributed by atoms with Crippen molar-refractivity contribution < 1.29 is 18.0 Å². The number of halogens is 4. The Hall–Kier alpha value is -2.81. The van der Waals surface area contributed by atoms with E-state index in [9.17, 15) is 18.0 Å². The number of benzene rings is 1. The Bertz CT molecular complexity index is 980. The van der Waals surface area contributed by atoms with Crippen LogP contribution >= 0.6 is 11.6 Å². The molecule has 28 heavy (non-hydrogen) atoms. The first-order valence-corrected chi connectivity index (χ1v) is 8.80. The molecule has 0 radical (unpaired) electrons. The van der Waals surface area contributed by atoms with Crippen LogP contribution in [0.2, 0.25) is 5.02 Å². The summed E-state index contributed by atoms with van der Waals surface area (Å²) in [7, 11) is 1.79. The fourth-order valence-corrected chi connectivity index (χ4v) is 2.97. The summed E-state index contributed by atoms with van der Waals surface area (Å²) >= 11 is 5.86. The third-order valence-corrected chi connectivity index (χ3v) is 4.26. The average molecular weight is 412 g/mol. The lowest BCUT2D eigenvalue weighted by atomic mass is 10.2. The molecule has 0 aliphatic rings. The second-order valence-electron chi connectivity index (χ2n) is 6.18. The van der Waals surface area contributed by atoms with Crippen molar-refractivity contribution in [3.8, 4) is 5.69 Å². The molecule has 1 N–H and O–H groups in total. The summed E-state index contributed by atoms with van der Waals surface area (Å²) in [4.78, 5) is 12.3. The van der Waals surface area contributed by atoms with Gasteiger partial charge in [0.25, 0.3) is 5.91 Å². The number of hydrogen-bond acceptors (Lipinski definition) is 3. The van der Waals surface area contributed by atoms with E-state index in [0.717, 1.165) is 11.8 Å². The monoisotopic (exact) mass is 411 g/mol. The van der Waals surface area contributed by atoms with Gasteiger partial charge in [0.05, 0.1) is 23.6 Å². The van der Waals surface area contributed by atoms with Gasteiger partial charge in [-0.25, -0.2) is 4.68 Å². The number of amides is 1. The normalized spacial score (nSPS) is 11.6. The van der Waals surface area contributed by atoms with Crippen molar-refractivity contribution >= 4 is 17.5 Å². The van der Waals surface area contributed by atoms with Gasteiger partial charge in [0.1, 0.15) is 0 Å². The lowest BCUT2D eigenvalue weighted by Gasteiger charge is -2.13. The minimum atomic E-state index is -4.76. The number of hydrogen-bond donors (Lipinski definition) is 1. The lowest BCUT2D eigenvalue weighted by Crippen LogP contribution is -2.27. The Kier molecular flexibility index (Phi) is 5.73. The van der Waals surface area contributed by atoms with Crippen LogP contribution in [0.15, 0.2) is 42.9 Å². The third kappa shape index (κ3) is 4.53. The standard InChI is InChI=1S/C18H17ClF3N5O/c1-26-11-12(9-24-26)4-3-7-23-17(28)15-10-25-27(16(15)18(20,21)22)14-6-2-5-13(19)8-14/h2,5-6,8-11H,3-4,7H2,1H3,(H,23,28). The van der Waals surface area contributed by atoms with E-state index in [0.29, 0.717) is 17.5 Å². The number of alkyl halides is 3. The molecule has 0 aliphatic heterocycles. The molecule has 0 atom stereocenters. The number of rotatable bonds is 6. The van der Waals surface area contributed by atoms with Crippen LogP contribution in [0.25, 0.3) is 5.69 Å². The quantitative estimate of drug-likeness (QED) is 0.630. The van der Waals surface area contributed by atoms with Crippen LogP contribution in [0.4, 0.5) is 13.2 Å². The molecule has 2 aromatic heterocycles. The number of nitrogens with one attached hydrogen (secondary N) is 1. The van der Waals surface area contributed by atoms with Gasteiger partial charge in [0, 0.05) is 24.8 Å². The minimum absolute atomic E-state index is 0.121. The van der Waals surface area contributed by atoms with Crippen molar-refractivity contribution in [3.63, 3.8) is 0 Å². The molecule has 0 aliphatic carbocycles. The Morgan fingerprint density at radius 3 is 2.68 bits per heavy atom. The molecular weight excluding hydrogens is 395 g/mol. The second kappa shape index (κ2) is 8.05. The molecule has 6 nitrogen and oxygen atoms in total. The van der Waals surface area contributed by atoms with E-state index in [4.69, 9.17) is 11.6 Å². The SMILES string of the molecule is Cn1cc(CCCNC(=O)c2cnn(-c3cccc(Cl)c3)c2C(F)(F)F)cn1. The first-order valence-electron chi connectivity index (χ1n) is 8.42. The van der Waals surface area contributed by atoms with Crippen molar-refractivity contribution in [1.29, 1.82) is 0 Å². The minimum Gasteiger partial charge on any atom is -0.352 e. The highest BCUT2D eigenvalue weighted by molar-refractivity contribution is 6.30. The smallest absolute Gasteiger partial charge is 0.352 e. The van der Waals surface area contributed by atoms with E-state index < -0.39 is 23.3 Å². The van der Waals surface area contributed by atoms with E-state index in [1.165, 1.54) is 24.3 Å². The van der Waals surface area contributed by atoms with E-state index >= 15 is 0 Å². The van der Waals surface area contributed by atoms with Crippen molar-refractivity contribution in [3.05, 3.63) is 64.7 Å². The zero-order valence-corrected chi connectivity index (χ0v) is 15.6. The summed E-state index contributed by atoms with van der Waals surface area (Å²) in [5.74, 6) is -0.827. The topological polar surface area (TPSA) is 64.7 Å². The van der Waals surface area contributed by atoms with Gasteiger partial charge >= 0.3 is 6.18 Å². The molecule has 0 fully saturated rings. The predicted octanol–water partition coefficient (Wildman–Crippen LogP) is 3.64. The maximum absolute atomic E-state index is 13.6. The maximum Gasteiger partial charge on any atom is 0.434 e. The molecule has 0 bridgehead atoms. The highest BCUT2D eigenvalue weighted by atomic mass is 35.5. The number of carbonyl (C=O) groups excluding carboxylic acids is 1. The van der Waals surface area contributed by atoms with E-state index in [-0.39, 0.29) is 17.3 Å². The molecule has 0 unspecified atom stereocenters. The maximum atomic E-state index is 13.6. The van der Waals surface area contributed by atoms with Crippen LogP contribution in [0, 0.1) is 0 Å². The summed E-state index contributed by atoms with van der Waals surface area (Å²) in [6.45, 7) is 0.230. The van der Waals surface area contributed by atoms with E-state index in [1.807, 2.05) is 6.20 Å². The van der Waals surface area contributed by atoms with Gasteiger partial charge in [0.2, 0.25) is 0 Å². The first kappa shape index (κ1) is 19.9. The number of carbonyl (C=O) groups is 1. The van der Waals surface area contributed by atoms with Gasteiger partial charge in [-0.2, -0.15) is 23.4 Å². The van der Waals surface area contributed by atoms with E-state index in [1.54, 1.807) is 17.9 Å². The molecule has 148 valence electrons. The second-order valence-corrected chi connectivity index (χ2v) is 6.61. The molecule has 10 heteroatoms. The van der Waals surface area contributed by atoms with Gasteiger partial charge in [-0.15, -0.1) is 0 Å². The molecule has 3 rings (SSSR count). The van der Waals surface area contributed by atoms with Crippen molar-refractivity contribution in [2.24, 2.45) is 7.05 Å². The number of aromatic nitrogens is 4. The zero-order valence-electron chi connectivity index (χ0n) is 14.9. The fraction of sp³-hybridized carbons (Fsp3) is 0.278. The molecule has 1 aromatic carbocycles. The molecule has 0 spiro atoms. The van der Waals surface area contributed by atoms with Crippen LogP contribution in [0.5, 0.6) is 0 Å². The molecule has 3 aromatic rings. The van der Waals surface area contributed by atoms with Crippen LogP contribution < -0.4 is 5.32 Å². The van der Waals surface area contributed by atoms with Gasteiger partial charge < -0.3 is 5.32 Å². The van der Waals surface area contributed by atoms with Gasteiger partial charge in [-0.3, -0.25) is 9.48 Å². The van der Waals surface area contributed by atoms with Crippen LogP contribution in [-0.4, -0.2) is 32.0 Å². The molecule has 2 heterocycles. The lowest BCUT2D eigenvalue weighted by molar-refractivity contribution is -0.143. The van der Waals surface area contributed by atoms with Crippen molar-refractivity contribution in [2.75, 3.05) is 6.54 Å².